The second-order valence-electron chi connectivity index (χ2n) is 7.67. The number of piperidine rings is 1. The second-order valence-corrected chi connectivity index (χ2v) is 7.67. The van der Waals surface area contributed by atoms with Crippen LogP contribution >= 0.6 is 0 Å². The van der Waals surface area contributed by atoms with Gasteiger partial charge in [0.15, 0.2) is 0 Å². The van der Waals surface area contributed by atoms with E-state index in [1.54, 1.807) is 18.3 Å². The third-order valence-electron chi connectivity index (χ3n) is 5.57. The van der Waals surface area contributed by atoms with Crippen molar-refractivity contribution in [3.8, 4) is 5.75 Å². The van der Waals surface area contributed by atoms with Gasteiger partial charge in [-0.05, 0) is 68.1 Å². The number of carbonyl (C=O) groups is 1. The van der Waals surface area contributed by atoms with Crippen LogP contribution in [-0.2, 0) is 6.54 Å². The Labute approximate surface area is 170 Å². The van der Waals surface area contributed by atoms with Crippen molar-refractivity contribution in [3.63, 3.8) is 0 Å². The zero-order valence-corrected chi connectivity index (χ0v) is 16.4. The van der Waals surface area contributed by atoms with E-state index in [4.69, 9.17) is 0 Å². The Morgan fingerprint density at radius 3 is 2.55 bits per heavy atom. The predicted octanol–water partition coefficient (Wildman–Crippen LogP) is 3.37. The maximum Gasteiger partial charge on any atom is 0.271 e. The van der Waals surface area contributed by atoms with Gasteiger partial charge in [-0.2, -0.15) is 0 Å². The molecular weight excluding hydrogens is 364 g/mol. The van der Waals surface area contributed by atoms with Crippen LogP contribution in [0.15, 0.2) is 54.7 Å². The quantitative estimate of drug-likeness (QED) is 0.675. The molecular formula is C23H26N4O2. The molecule has 6 heteroatoms. The molecule has 1 fully saturated rings. The number of benzene rings is 2. The number of para-hydroxylation sites is 2. The van der Waals surface area contributed by atoms with E-state index >= 15 is 0 Å². The zero-order chi connectivity index (χ0) is 20.1. The summed E-state index contributed by atoms with van der Waals surface area (Å²) in [6, 6.07) is 15.0. The summed E-state index contributed by atoms with van der Waals surface area (Å²) in [4.78, 5) is 23.5. The molecule has 150 valence electrons. The van der Waals surface area contributed by atoms with Gasteiger partial charge in [0.2, 0.25) is 0 Å². The standard InChI is InChI=1S/C23H26N4O2/c28-19-7-5-18(6-8-19)16-27-13-10-17(11-14-27)9-12-24-23(29)22-15-25-20-3-1-2-4-21(20)26-22/h1-8,15,17,28H,9-14,16H2,(H,24,29). The Morgan fingerprint density at radius 1 is 1.07 bits per heavy atom. The first kappa shape index (κ1) is 19.3. The van der Waals surface area contributed by atoms with Gasteiger partial charge in [0.1, 0.15) is 11.4 Å². The monoisotopic (exact) mass is 390 g/mol. The first-order valence-corrected chi connectivity index (χ1v) is 10.2. The molecule has 2 N–H and O–H groups in total. The summed E-state index contributed by atoms with van der Waals surface area (Å²) in [6.45, 7) is 3.71. The number of hydrogen-bond donors (Lipinski definition) is 2. The Kier molecular flexibility index (Phi) is 6.00. The van der Waals surface area contributed by atoms with E-state index in [1.807, 2.05) is 36.4 Å². The topological polar surface area (TPSA) is 78.4 Å². The Balaban J connectivity index is 1.20. The molecule has 1 amide bonds. The molecule has 0 spiro atoms. The summed E-state index contributed by atoms with van der Waals surface area (Å²) in [6.07, 6.45) is 4.81. The first-order chi connectivity index (χ1) is 14.2. The third-order valence-corrected chi connectivity index (χ3v) is 5.57. The molecule has 1 saturated heterocycles. The van der Waals surface area contributed by atoms with Crippen LogP contribution in [0, 0.1) is 5.92 Å². The van der Waals surface area contributed by atoms with Crippen LogP contribution in [0.3, 0.4) is 0 Å². The molecule has 1 aromatic heterocycles. The van der Waals surface area contributed by atoms with Gasteiger partial charge >= 0.3 is 0 Å². The van der Waals surface area contributed by atoms with E-state index in [1.165, 1.54) is 5.56 Å². The van der Waals surface area contributed by atoms with Crippen molar-refractivity contribution >= 4 is 16.9 Å². The molecule has 1 aliphatic rings. The second kappa shape index (κ2) is 9.01. The number of carbonyl (C=O) groups excluding carboxylic acids is 1. The van der Waals surface area contributed by atoms with Gasteiger partial charge in [0, 0.05) is 13.1 Å². The molecule has 0 atom stereocenters. The summed E-state index contributed by atoms with van der Waals surface area (Å²) in [5, 5.41) is 12.4. The van der Waals surface area contributed by atoms with E-state index in [0.717, 1.165) is 49.9 Å². The number of nitrogens with zero attached hydrogens (tertiary/aromatic N) is 3. The van der Waals surface area contributed by atoms with Crippen molar-refractivity contribution in [2.45, 2.75) is 25.8 Å². The van der Waals surface area contributed by atoms with Gasteiger partial charge in [0.25, 0.3) is 5.91 Å². The van der Waals surface area contributed by atoms with Crippen molar-refractivity contribution < 1.29 is 9.90 Å². The normalized spacial score (nSPS) is 15.4. The summed E-state index contributed by atoms with van der Waals surface area (Å²) >= 11 is 0. The highest BCUT2D eigenvalue weighted by molar-refractivity contribution is 5.93. The molecule has 2 aromatic carbocycles. The molecule has 0 aliphatic carbocycles. The van der Waals surface area contributed by atoms with Crippen molar-refractivity contribution in [2.75, 3.05) is 19.6 Å². The highest BCUT2D eigenvalue weighted by Gasteiger charge is 2.19. The van der Waals surface area contributed by atoms with E-state index in [0.29, 0.717) is 23.9 Å². The average Bonchev–Trinajstić information content (AvgIpc) is 2.76. The van der Waals surface area contributed by atoms with E-state index in [2.05, 4.69) is 20.2 Å². The summed E-state index contributed by atoms with van der Waals surface area (Å²) < 4.78 is 0. The lowest BCUT2D eigenvalue weighted by atomic mass is 9.93. The van der Waals surface area contributed by atoms with Gasteiger partial charge in [-0.15, -0.1) is 0 Å². The molecule has 1 aliphatic heterocycles. The fourth-order valence-corrected chi connectivity index (χ4v) is 3.84. The van der Waals surface area contributed by atoms with Crippen LogP contribution in [0.4, 0.5) is 0 Å². The van der Waals surface area contributed by atoms with Crippen molar-refractivity contribution in [2.24, 2.45) is 5.92 Å². The number of nitrogens with one attached hydrogen (secondary N) is 1. The largest absolute Gasteiger partial charge is 0.508 e. The molecule has 0 radical (unpaired) electrons. The number of likely N-dealkylation sites (tertiary alicyclic amines) is 1. The smallest absolute Gasteiger partial charge is 0.271 e. The first-order valence-electron chi connectivity index (χ1n) is 10.2. The Bertz CT molecular complexity index is 966. The maximum absolute atomic E-state index is 12.4. The molecule has 0 saturated carbocycles. The Morgan fingerprint density at radius 2 is 1.79 bits per heavy atom. The lowest BCUT2D eigenvalue weighted by Gasteiger charge is -2.32. The lowest BCUT2D eigenvalue weighted by Crippen LogP contribution is -2.35. The fraction of sp³-hybridized carbons (Fsp3) is 0.348. The fourth-order valence-electron chi connectivity index (χ4n) is 3.84. The molecule has 6 nitrogen and oxygen atoms in total. The van der Waals surface area contributed by atoms with E-state index in [9.17, 15) is 9.90 Å². The van der Waals surface area contributed by atoms with Gasteiger partial charge in [0.05, 0.1) is 17.2 Å². The van der Waals surface area contributed by atoms with Crippen molar-refractivity contribution in [3.05, 3.63) is 66.0 Å². The number of hydrogen-bond acceptors (Lipinski definition) is 5. The zero-order valence-electron chi connectivity index (χ0n) is 16.4. The average molecular weight is 390 g/mol. The minimum Gasteiger partial charge on any atom is -0.508 e. The maximum atomic E-state index is 12.4. The highest BCUT2D eigenvalue weighted by atomic mass is 16.3. The number of aromatic hydroxyl groups is 1. The van der Waals surface area contributed by atoms with Crippen LogP contribution in [0.5, 0.6) is 5.75 Å². The number of rotatable bonds is 6. The highest BCUT2D eigenvalue weighted by Crippen LogP contribution is 2.22. The minimum atomic E-state index is -0.159. The van der Waals surface area contributed by atoms with Crippen molar-refractivity contribution in [1.29, 1.82) is 0 Å². The number of phenols is 1. The van der Waals surface area contributed by atoms with Crippen LogP contribution in [0.2, 0.25) is 0 Å². The van der Waals surface area contributed by atoms with E-state index in [-0.39, 0.29) is 5.91 Å². The molecule has 29 heavy (non-hydrogen) atoms. The van der Waals surface area contributed by atoms with Crippen LogP contribution in [0.1, 0.15) is 35.3 Å². The number of fused-ring (bicyclic) bond motifs is 1. The Hall–Kier alpha value is -2.99. The van der Waals surface area contributed by atoms with Gasteiger partial charge < -0.3 is 10.4 Å². The van der Waals surface area contributed by atoms with Crippen LogP contribution in [0.25, 0.3) is 11.0 Å². The molecule has 4 rings (SSSR count). The summed E-state index contributed by atoms with van der Waals surface area (Å²) in [5.41, 5.74) is 3.13. The molecule has 2 heterocycles. The molecule has 0 unspecified atom stereocenters. The minimum absolute atomic E-state index is 0.159. The molecule has 0 bridgehead atoms. The molecule has 3 aromatic rings. The van der Waals surface area contributed by atoms with Crippen LogP contribution in [-0.4, -0.2) is 45.5 Å². The summed E-state index contributed by atoms with van der Waals surface area (Å²) in [5.74, 6) is 0.784. The predicted molar refractivity (Wildman–Crippen MR) is 113 cm³/mol. The van der Waals surface area contributed by atoms with Crippen molar-refractivity contribution in [1.82, 2.24) is 20.2 Å². The number of amides is 1. The van der Waals surface area contributed by atoms with Crippen LogP contribution < -0.4 is 5.32 Å². The van der Waals surface area contributed by atoms with Gasteiger partial charge in [-0.3, -0.25) is 14.7 Å². The number of aromatic nitrogens is 2. The van der Waals surface area contributed by atoms with E-state index < -0.39 is 0 Å². The number of phenolic OH excluding ortho intramolecular Hbond substituents is 1. The lowest BCUT2D eigenvalue weighted by molar-refractivity contribution is 0.0942. The summed E-state index contributed by atoms with van der Waals surface area (Å²) in [7, 11) is 0. The van der Waals surface area contributed by atoms with Gasteiger partial charge in [-0.25, -0.2) is 4.98 Å². The SMILES string of the molecule is O=C(NCCC1CCN(Cc2ccc(O)cc2)CC1)c1cnc2ccccc2n1. The van der Waals surface area contributed by atoms with Gasteiger partial charge in [-0.1, -0.05) is 24.3 Å². The third kappa shape index (κ3) is 5.09.